The third-order valence-corrected chi connectivity index (χ3v) is 2.02. The lowest BCUT2D eigenvalue weighted by molar-refractivity contribution is -0.120. The summed E-state index contributed by atoms with van der Waals surface area (Å²) in [4.78, 5) is 11.5. The molecular weight excluding hydrogens is 225 g/mol. The van der Waals surface area contributed by atoms with E-state index in [1.54, 1.807) is 0 Å². The summed E-state index contributed by atoms with van der Waals surface area (Å²) in [6.07, 6.45) is 0.854. The van der Waals surface area contributed by atoms with Gasteiger partial charge >= 0.3 is 0 Å². The molecule has 0 fully saturated rings. The van der Waals surface area contributed by atoms with Crippen LogP contribution < -0.4 is 10.1 Å². The highest BCUT2D eigenvalue weighted by atomic mass is 19.1. The van der Waals surface area contributed by atoms with Crippen LogP contribution in [0.15, 0.2) is 18.2 Å². The second kappa shape index (κ2) is 6.85. The van der Waals surface area contributed by atoms with E-state index in [-0.39, 0.29) is 18.3 Å². The van der Waals surface area contributed by atoms with Crippen LogP contribution in [0.3, 0.4) is 0 Å². The Bertz CT molecular complexity index is 382. The summed E-state index contributed by atoms with van der Waals surface area (Å²) < 4.78 is 22.9. The normalized spacial score (nSPS) is 10.1. The molecule has 5 heteroatoms. The van der Waals surface area contributed by atoms with Crippen LogP contribution in [0.2, 0.25) is 0 Å². The number of halogens is 1. The molecule has 4 nitrogen and oxygen atoms in total. The Hall–Kier alpha value is -1.62. The van der Waals surface area contributed by atoms with Crippen molar-refractivity contribution in [1.82, 2.24) is 0 Å². The second-order valence-corrected chi connectivity index (χ2v) is 3.45. The molecule has 1 rings (SSSR count). The van der Waals surface area contributed by atoms with Crippen molar-refractivity contribution in [3.8, 4) is 5.75 Å². The molecule has 17 heavy (non-hydrogen) atoms. The number of hydrogen-bond donors (Lipinski definition) is 1. The van der Waals surface area contributed by atoms with Crippen molar-refractivity contribution in [3.05, 3.63) is 24.0 Å². The standard InChI is InChI=1S/C12H16FNO3/c1-3-6-17-8-12(15)14-10-5-4-9(13)7-11(10)16-2/h4-5,7H,3,6,8H2,1-2H3,(H,14,15). The molecule has 1 aromatic carbocycles. The zero-order chi connectivity index (χ0) is 12.7. The first-order chi connectivity index (χ1) is 8.17. The quantitative estimate of drug-likeness (QED) is 0.777. The Balaban J connectivity index is 2.58. The lowest BCUT2D eigenvalue weighted by Crippen LogP contribution is -2.19. The Morgan fingerprint density at radius 2 is 2.24 bits per heavy atom. The van der Waals surface area contributed by atoms with Crippen molar-refractivity contribution in [2.75, 3.05) is 25.6 Å². The van der Waals surface area contributed by atoms with E-state index >= 15 is 0 Å². The number of benzene rings is 1. The van der Waals surface area contributed by atoms with E-state index in [9.17, 15) is 9.18 Å². The molecule has 0 bridgehead atoms. The zero-order valence-electron chi connectivity index (χ0n) is 9.96. The fourth-order valence-electron chi connectivity index (χ4n) is 1.26. The Kier molecular flexibility index (Phi) is 5.42. The van der Waals surface area contributed by atoms with E-state index in [4.69, 9.17) is 9.47 Å². The van der Waals surface area contributed by atoms with Crippen molar-refractivity contribution in [2.45, 2.75) is 13.3 Å². The van der Waals surface area contributed by atoms with Crippen LogP contribution in [0.1, 0.15) is 13.3 Å². The molecule has 0 aliphatic rings. The highest BCUT2D eigenvalue weighted by Crippen LogP contribution is 2.24. The van der Waals surface area contributed by atoms with Crippen molar-refractivity contribution in [3.63, 3.8) is 0 Å². The molecule has 1 aromatic rings. The topological polar surface area (TPSA) is 47.6 Å². The van der Waals surface area contributed by atoms with Gasteiger partial charge in [-0.2, -0.15) is 0 Å². The first-order valence-corrected chi connectivity index (χ1v) is 5.38. The first-order valence-electron chi connectivity index (χ1n) is 5.38. The molecule has 0 saturated heterocycles. The molecule has 0 aromatic heterocycles. The Morgan fingerprint density at radius 3 is 2.88 bits per heavy atom. The van der Waals surface area contributed by atoms with Gasteiger partial charge in [-0.05, 0) is 18.6 Å². The first kappa shape index (κ1) is 13.4. The van der Waals surface area contributed by atoms with Crippen LogP contribution in [0.25, 0.3) is 0 Å². The molecule has 0 radical (unpaired) electrons. The number of hydrogen-bond acceptors (Lipinski definition) is 3. The van der Waals surface area contributed by atoms with Gasteiger partial charge in [-0.3, -0.25) is 4.79 Å². The molecule has 0 heterocycles. The Labute approximate surface area is 99.7 Å². The summed E-state index contributed by atoms with van der Waals surface area (Å²) >= 11 is 0. The van der Waals surface area contributed by atoms with E-state index in [1.165, 1.54) is 25.3 Å². The third kappa shape index (κ3) is 4.40. The van der Waals surface area contributed by atoms with Crippen LogP contribution in [-0.4, -0.2) is 26.2 Å². The molecule has 1 N–H and O–H groups in total. The molecular formula is C12H16FNO3. The van der Waals surface area contributed by atoms with Gasteiger partial charge in [0.15, 0.2) is 0 Å². The van der Waals surface area contributed by atoms with E-state index in [0.717, 1.165) is 6.42 Å². The maximum absolute atomic E-state index is 12.9. The maximum Gasteiger partial charge on any atom is 0.250 e. The number of methoxy groups -OCH3 is 1. The number of carbonyl (C=O) groups excluding carboxylic acids is 1. The largest absolute Gasteiger partial charge is 0.494 e. The summed E-state index contributed by atoms with van der Waals surface area (Å²) in [5, 5.41) is 2.59. The van der Waals surface area contributed by atoms with E-state index < -0.39 is 5.82 Å². The van der Waals surface area contributed by atoms with E-state index in [2.05, 4.69) is 5.32 Å². The lowest BCUT2D eigenvalue weighted by atomic mass is 10.3. The lowest BCUT2D eigenvalue weighted by Gasteiger charge is -2.10. The van der Waals surface area contributed by atoms with Crippen LogP contribution in [0.5, 0.6) is 5.75 Å². The van der Waals surface area contributed by atoms with Gasteiger partial charge in [0, 0.05) is 12.7 Å². The molecule has 0 spiro atoms. The zero-order valence-corrected chi connectivity index (χ0v) is 9.96. The molecule has 0 unspecified atom stereocenters. The summed E-state index contributed by atoms with van der Waals surface area (Å²) in [6, 6.07) is 3.92. The van der Waals surface area contributed by atoms with E-state index in [1.807, 2.05) is 6.92 Å². The number of amides is 1. The second-order valence-electron chi connectivity index (χ2n) is 3.45. The number of carbonyl (C=O) groups is 1. The predicted octanol–water partition coefficient (Wildman–Crippen LogP) is 2.20. The van der Waals surface area contributed by atoms with Gasteiger partial charge in [-0.1, -0.05) is 6.92 Å². The highest BCUT2D eigenvalue weighted by molar-refractivity contribution is 5.93. The number of nitrogens with one attached hydrogen (secondary N) is 1. The smallest absolute Gasteiger partial charge is 0.250 e. The van der Waals surface area contributed by atoms with Gasteiger partial charge in [0.25, 0.3) is 0 Å². The average Bonchev–Trinajstić information content (AvgIpc) is 2.32. The van der Waals surface area contributed by atoms with Crippen molar-refractivity contribution in [2.24, 2.45) is 0 Å². The molecule has 0 aliphatic carbocycles. The van der Waals surface area contributed by atoms with E-state index in [0.29, 0.717) is 12.3 Å². The van der Waals surface area contributed by atoms with Gasteiger partial charge in [0.1, 0.15) is 18.2 Å². The van der Waals surface area contributed by atoms with Crippen molar-refractivity contribution >= 4 is 11.6 Å². The predicted molar refractivity (Wildman–Crippen MR) is 62.7 cm³/mol. The molecule has 0 aliphatic heterocycles. The van der Waals surface area contributed by atoms with Gasteiger partial charge in [0.2, 0.25) is 5.91 Å². The minimum atomic E-state index is -0.415. The third-order valence-electron chi connectivity index (χ3n) is 2.02. The summed E-state index contributed by atoms with van der Waals surface area (Å²) in [5.74, 6) is -0.417. The van der Waals surface area contributed by atoms with Gasteiger partial charge in [-0.25, -0.2) is 4.39 Å². The van der Waals surface area contributed by atoms with Gasteiger partial charge < -0.3 is 14.8 Å². The van der Waals surface area contributed by atoms with Crippen molar-refractivity contribution in [1.29, 1.82) is 0 Å². The molecule has 1 amide bonds. The Morgan fingerprint density at radius 1 is 1.47 bits per heavy atom. The summed E-state index contributed by atoms with van der Waals surface area (Å²) in [6.45, 7) is 2.48. The molecule has 0 saturated carbocycles. The summed E-state index contributed by atoms with van der Waals surface area (Å²) in [7, 11) is 1.41. The average molecular weight is 241 g/mol. The van der Waals surface area contributed by atoms with Crippen molar-refractivity contribution < 1.29 is 18.7 Å². The van der Waals surface area contributed by atoms with Crippen LogP contribution in [0.4, 0.5) is 10.1 Å². The minimum absolute atomic E-state index is 0.0195. The van der Waals surface area contributed by atoms with Gasteiger partial charge in [-0.15, -0.1) is 0 Å². The molecule has 94 valence electrons. The fourth-order valence-corrected chi connectivity index (χ4v) is 1.26. The van der Waals surface area contributed by atoms with Crippen LogP contribution in [-0.2, 0) is 9.53 Å². The number of rotatable bonds is 6. The summed E-state index contributed by atoms with van der Waals surface area (Å²) in [5.41, 5.74) is 0.430. The van der Waals surface area contributed by atoms with Crippen LogP contribution >= 0.6 is 0 Å². The maximum atomic E-state index is 12.9. The van der Waals surface area contributed by atoms with Gasteiger partial charge in [0.05, 0.1) is 12.8 Å². The minimum Gasteiger partial charge on any atom is -0.494 e. The van der Waals surface area contributed by atoms with Crippen LogP contribution in [0, 0.1) is 5.82 Å². The SMILES string of the molecule is CCCOCC(=O)Nc1ccc(F)cc1OC. The fraction of sp³-hybridized carbons (Fsp3) is 0.417. The number of anilines is 1. The molecule has 0 atom stereocenters. The highest BCUT2D eigenvalue weighted by Gasteiger charge is 2.08. The number of ether oxygens (including phenoxy) is 2. The monoisotopic (exact) mass is 241 g/mol.